The van der Waals surface area contributed by atoms with Crippen LogP contribution in [0, 0.1) is 0 Å². The molecule has 0 spiro atoms. The van der Waals surface area contributed by atoms with Gasteiger partial charge in [0.25, 0.3) is 0 Å². The molecule has 0 bridgehead atoms. The fourth-order valence-corrected chi connectivity index (χ4v) is 2.46. The van der Waals surface area contributed by atoms with Crippen molar-refractivity contribution in [2.24, 2.45) is 0 Å². The molecule has 140 valence electrons. The summed E-state index contributed by atoms with van der Waals surface area (Å²) in [5.41, 5.74) is 2.21. The Morgan fingerprint density at radius 3 is 2.15 bits per heavy atom. The van der Waals surface area contributed by atoms with Gasteiger partial charge in [0.2, 0.25) is 0 Å². The third kappa shape index (κ3) is 5.95. The van der Waals surface area contributed by atoms with Crippen LogP contribution in [0.3, 0.4) is 0 Å². The van der Waals surface area contributed by atoms with Crippen LogP contribution in [-0.4, -0.2) is 29.8 Å². The summed E-state index contributed by atoms with van der Waals surface area (Å²) < 4.78 is 5.22. The van der Waals surface area contributed by atoms with E-state index >= 15 is 0 Å². The van der Waals surface area contributed by atoms with Gasteiger partial charge in [0.15, 0.2) is 0 Å². The minimum atomic E-state index is -0.531. The van der Waals surface area contributed by atoms with Crippen molar-refractivity contribution in [1.29, 1.82) is 0 Å². The number of anilines is 4. The maximum absolute atomic E-state index is 11.8. The van der Waals surface area contributed by atoms with Gasteiger partial charge in [-0.2, -0.15) is 0 Å². The number of aromatic nitrogens is 1. The van der Waals surface area contributed by atoms with Crippen molar-refractivity contribution in [2.75, 3.05) is 28.6 Å². The van der Waals surface area contributed by atoms with Crippen LogP contribution in [0.1, 0.15) is 34.6 Å². The minimum absolute atomic E-state index is 0.494. The molecule has 0 radical (unpaired) electrons. The Kier molecular flexibility index (Phi) is 6.44. The normalized spacial score (nSPS) is 11.0. The smallest absolute Gasteiger partial charge is 0.412 e. The maximum atomic E-state index is 11.8. The standard InChI is InChI=1S/C20H28N4O2/c1-6-24(7-2)17-11-8-15(9-12-17)22-18-13-10-16(14-21-18)23-19(25)26-20(3,4)5/h8-14H,6-7H2,1-5H3,(H,21,22)(H,23,25). The summed E-state index contributed by atoms with van der Waals surface area (Å²) in [5.74, 6) is 0.704. The molecule has 1 aromatic carbocycles. The molecule has 0 fully saturated rings. The highest BCUT2D eigenvalue weighted by Crippen LogP contribution is 2.21. The van der Waals surface area contributed by atoms with Crippen molar-refractivity contribution in [3.63, 3.8) is 0 Å². The van der Waals surface area contributed by atoms with Gasteiger partial charge in [0.1, 0.15) is 11.4 Å². The second kappa shape index (κ2) is 8.56. The zero-order chi connectivity index (χ0) is 19.2. The van der Waals surface area contributed by atoms with Crippen molar-refractivity contribution in [2.45, 2.75) is 40.2 Å². The predicted octanol–water partition coefficient (Wildman–Crippen LogP) is 5.02. The van der Waals surface area contributed by atoms with Crippen LogP contribution < -0.4 is 15.5 Å². The van der Waals surface area contributed by atoms with Gasteiger partial charge in [-0.15, -0.1) is 0 Å². The van der Waals surface area contributed by atoms with Gasteiger partial charge >= 0.3 is 6.09 Å². The Hall–Kier alpha value is -2.76. The minimum Gasteiger partial charge on any atom is -0.444 e. The first-order valence-corrected chi connectivity index (χ1v) is 8.89. The fraction of sp³-hybridized carbons (Fsp3) is 0.400. The number of ether oxygens (including phenoxy) is 1. The number of hydrogen-bond acceptors (Lipinski definition) is 5. The summed E-state index contributed by atoms with van der Waals surface area (Å²) in [5, 5.41) is 5.92. The number of pyridine rings is 1. The van der Waals surface area contributed by atoms with Gasteiger partial charge in [-0.3, -0.25) is 5.32 Å². The van der Waals surface area contributed by atoms with Gasteiger partial charge in [0, 0.05) is 24.5 Å². The largest absolute Gasteiger partial charge is 0.444 e. The zero-order valence-electron chi connectivity index (χ0n) is 16.2. The van der Waals surface area contributed by atoms with Gasteiger partial charge in [-0.1, -0.05) is 0 Å². The first-order chi connectivity index (χ1) is 12.3. The highest BCUT2D eigenvalue weighted by molar-refractivity contribution is 5.84. The number of hydrogen-bond donors (Lipinski definition) is 2. The lowest BCUT2D eigenvalue weighted by atomic mass is 10.2. The number of benzene rings is 1. The van der Waals surface area contributed by atoms with E-state index < -0.39 is 11.7 Å². The molecule has 0 aliphatic rings. The number of carbonyl (C=O) groups excluding carboxylic acids is 1. The van der Waals surface area contributed by atoms with Crippen LogP contribution in [0.25, 0.3) is 0 Å². The molecule has 1 aromatic heterocycles. The number of nitrogens with one attached hydrogen (secondary N) is 2. The van der Waals surface area contributed by atoms with Gasteiger partial charge in [-0.25, -0.2) is 9.78 Å². The molecule has 6 heteroatoms. The molecule has 0 saturated heterocycles. The van der Waals surface area contributed by atoms with Crippen molar-refractivity contribution < 1.29 is 9.53 Å². The second-order valence-corrected chi connectivity index (χ2v) is 6.90. The molecular formula is C20H28N4O2. The molecule has 2 rings (SSSR count). The van der Waals surface area contributed by atoms with Gasteiger partial charge in [0.05, 0.1) is 11.9 Å². The summed E-state index contributed by atoms with van der Waals surface area (Å²) in [7, 11) is 0. The molecule has 1 amide bonds. The van der Waals surface area contributed by atoms with Crippen molar-refractivity contribution >= 4 is 29.0 Å². The average Bonchev–Trinajstić information content (AvgIpc) is 2.57. The van der Waals surface area contributed by atoms with E-state index in [4.69, 9.17) is 4.74 Å². The van der Waals surface area contributed by atoms with Crippen LogP contribution in [0.4, 0.5) is 27.7 Å². The Morgan fingerprint density at radius 2 is 1.65 bits per heavy atom. The van der Waals surface area contributed by atoms with Crippen LogP contribution in [-0.2, 0) is 4.74 Å². The van der Waals surface area contributed by atoms with Crippen LogP contribution in [0.5, 0.6) is 0 Å². The molecule has 0 atom stereocenters. The Balaban J connectivity index is 1.95. The Morgan fingerprint density at radius 1 is 1.04 bits per heavy atom. The monoisotopic (exact) mass is 356 g/mol. The van der Waals surface area contributed by atoms with Gasteiger partial charge in [-0.05, 0) is 71.0 Å². The maximum Gasteiger partial charge on any atom is 0.412 e. The lowest BCUT2D eigenvalue weighted by Gasteiger charge is -2.21. The first kappa shape index (κ1) is 19.6. The summed E-state index contributed by atoms with van der Waals surface area (Å²) in [6.07, 6.45) is 1.10. The lowest BCUT2D eigenvalue weighted by molar-refractivity contribution is 0.0636. The summed E-state index contributed by atoms with van der Waals surface area (Å²) >= 11 is 0. The van der Waals surface area contributed by atoms with E-state index in [0.717, 1.165) is 18.8 Å². The third-order valence-electron chi connectivity index (χ3n) is 3.68. The van der Waals surface area contributed by atoms with E-state index in [1.807, 2.05) is 39.0 Å². The molecule has 0 saturated carbocycles. The second-order valence-electron chi connectivity index (χ2n) is 6.90. The molecule has 26 heavy (non-hydrogen) atoms. The highest BCUT2D eigenvalue weighted by Gasteiger charge is 2.16. The van der Waals surface area contributed by atoms with E-state index in [2.05, 4.69) is 46.5 Å². The lowest BCUT2D eigenvalue weighted by Crippen LogP contribution is -2.27. The predicted molar refractivity (Wildman–Crippen MR) is 107 cm³/mol. The molecule has 0 unspecified atom stereocenters. The average molecular weight is 356 g/mol. The summed E-state index contributed by atoms with van der Waals surface area (Å²) in [4.78, 5) is 18.4. The Bertz CT molecular complexity index is 702. The molecule has 2 N–H and O–H groups in total. The van der Waals surface area contributed by atoms with Crippen molar-refractivity contribution in [1.82, 2.24) is 4.98 Å². The number of nitrogens with zero attached hydrogens (tertiary/aromatic N) is 2. The van der Waals surface area contributed by atoms with Crippen LogP contribution >= 0.6 is 0 Å². The molecule has 2 aromatic rings. The van der Waals surface area contributed by atoms with Crippen molar-refractivity contribution in [3.8, 4) is 0 Å². The molecular weight excluding hydrogens is 328 g/mol. The van der Waals surface area contributed by atoms with Crippen molar-refractivity contribution in [3.05, 3.63) is 42.6 Å². The van der Waals surface area contributed by atoms with E-state index in [9.17, 15) is 4.79 Å². The van der Waals surface area contributed by atoms with Crippen LogP contribution in [0.2, 0.25) is 0 Å². The number of carbonyl (C=O) groups is 1. The molecule has 1 heterocycles. The molecule has 6 nitrogen and oxygen atoms in total. The summed E-state index contributed by atoms with van der Waals surface area (Å²) in [6.45, 7) is 11.7. The number of amides is 1. The quantitative estimate of drug-likeness (QED) is 0.761. The molecule has 0 aliphatic carbocycles. The topological polar surface area (TPSA) is 66.5 Å². The number of rotatable bonds is 6. The molecule has 0 aliphatic heterocycles. The highest BCUT2D eigenvalue weighted by atomic mass is 16.6. The van der Waals surface area contributed by atoms with E-state index in [1.54, 1.807) is 12.3 Å². The van der Waals surface area contributed by atoms with E-state index in [0.29, 0.717) is 11.5 Å². The van der Waals surface area contributed by atoms with E-state index in [1.165, 1.54) is 5.69 Å². The zero-order valence-corrected chi connectivity index (χ0v) is 16.2. The Labute approximate surface area is 155 Å². The fourth-order valence-electron chi connectivity index (χ4n) is 2.46. The summed E-state index contributed by atoms with van der Waals surface area (Å²) in [6, 6.07) is 11.8. The van der Waals surface area contributed by atoms with Crippen LogP contribution in [0.15, 0.2) is 42.6 Å². The SMILES string of the molecule is CCN(CC)c1ccc(Nc2ccc(NC(=O)OC(C)(C)C)cn2)cc1. The van der Waals surface area contributed by atoms with Gasteiger partial charge < -0.3 is 15.0 Å². The third-order valence-corrected chi connectivity index (χ3v) is 3.68. The first-order valence-electron chi connectivity index (χ1n) is 8.89. The van der Waals surface area contributed by atoms with E-state index in [-0.39, 0.29) is 0 Å².